The molecule has 1 aliphatic heterocycles. The Kier molecular flexibility index (Phi) is 2.02. The molecule has 1 heterocycles. The molecule has 0 aromatic heterocycles. The van der Waals surface area contributed by atoms with E-state index in [9.17, 15) is 0 Å². The molecule has 2 heteroatoms. The fourth-order valence-electron chi connectivity index (χ4n) is 1.29. The zero-order valence-electron chi connectivity index (χ0n) is 6.14. The number of hydrogen-bond donors (Lipinski definition) is 0. The number of ether oxygens (including phenoxy) is 1. The van der Waals surface area contributed by atoms with Crippen molar-refractivity contribution in [1.82, 2.24) is 0 Å². The number of fused-ring (bicyclic) bond motifs is 1. The van der Waals surface area contributed by atoms with Crippen LogP contribution in [0.15, 0.2) is 18.2 Å². The molecule has 0 saturated carbocycles. The molecule has 11 heavy (non-hydrogen) atoms. The highest BCUT2D eigenvalue weighted by atomic mass is 127. The van der Waals surface area contributed by atoms with Crippen LogP contribution >= 0.6 is 22.6 Å². The molecule has 0 unspecified atom stereocenters. The summed E-state index contributed by atoms with van der Waals surface area (Å²) >= 11 is 2.36. The Hall–Kier alpha value is -0.250. The van der Waals surface area contributed by atoms with Crippen LogP contribution in [0.25, 0.3) is 0 Å². The molecule has 0 saturated heterocycles. The smallest absolute Gasteiger partial charge is 0.122 e. The van der Waals surface area contributed by atoms with E-state index < -0.39 is 0 Å². The van der Waals surface area contributed by atoms with E-state index in [1.807, 2.05) is 0 Å². The Bertz CT molecular complexity index is 270. The minimum atomic E-state index is 0.861. The molecular weight excluding hydrogens is 251 g/mol. The Morgan fingerprint density at radius 1 is 1.45 bits per heavy atom. The van der Waals surface area contributed by atoms with Gasteiger partial charge in [0, 0.05) is 10.8 Å². The van der Waals surface area contributed by atoms with Crippen LogP contribution in [0.5, 0.6) is 5.75 Å². The van der Waals surface area contributed by atoms with Crippen LogP contribution in [0.2, 0.25) is 0 Å². The highest BCUT2D eigenvalue weighted by molar-refractivity contribution is 14.1. The molecule has 0 N–H and O–H groups in total. The first-order chi connectivity index (χ1) is 5.40. The van der Waals surface area contributed by atoms with Gasteiger partial charge in [-0.1, -0.05) is 34.7 Å². The third kappa shape index (κ3) is 1.36. The lowest BCUT2D eigenvalue weighted by atomic mass is 10.1. The second-order valence-electron chi connectivity index (χ2n) is 2.67. The van der Waals surface area contributed by atoms with Crippen LogP contribution < -0.4 is 4.74 Å². The molecule has 0 amide bonds. The number of rotatable bonds is 1. The molecule has 2 rings (SSSR count). The van der Waals surface area contributed by atoms with Gasteiger partial charge in [0.2, 0.25) is 0 Å². The van der Waals surface area contributed by atoms with Crippen LogP contribution in [0, 0.1) is 0 Å². The molecule has 58 valence electrons. The van der Waals surface area contributed by atoms with Crippen LogP contribution in [0.4, 0.5) is 0 Å². The standard InChI is InChI=1S/C9H9IO/c10-6-7-1-2-8-3-4-11-9(8)5-7/h1-2,5H,3-4,6H2. The summed E-state index contributed by atoms with van der Waals surface area (Å²) in [4.78, 5) is 0. The normalized spacial score (nSPS) is 14.3. The molecular formula is C9H9IO. The van der Waals surface area contributed by atoms with E-state index in [0.717, 1.165) is 23.2 Å². The third-order valence-corrected chi connectivity index (χ3v) is 2.80. The molecule has 1 aliphatic rings. The minimum Gasteiger partial charge on any atom is -0.493 e. The third-order valence-electron chi connectivity index (χ3n) is 1.91. The summed E-state index contributed by atoms with van der Waals surface area (Å²) in [6.45, 7) is 0.861. The molecule has 0 aliphatic carbocycles. The SMILES string of the molecule is ICc1ccc2c(c1)OCC2. The van der Waals surface area contributed by atoms with E-state index >= 15 is 0 Å². The molecule has 1 aromatic rings. The van der Waals surface area contributed by atoms with E-state index in [4.69, 9.17) is 4.74 Å². The van der Waals surface area contributed by atoms with Crippen LogP contribution in [-0.2, 0) is 10.8 Å². The van der Waals surface area contributed by atoms with Crippen molar-refractivity contribution >= 4 is 22.6 Å². The summed E-state index contributed by atoms with van der Waals surface area (Å²) in [5.41, 5.74) is 2.71. The van der Waals surface area contributed by atoms with Gasteiger partial charge in [0.1, 0.15) is 5.75 Å². The van der Waals surface area contributed by atoms with Crippen molar-refractivity contribution in [3.8, 4) is 5.75 Å². The fraction of sp³-hybridized carbons (Fsp3) is 0.333. The lowest BCUT2D eigenvalue weighted by Crippen LogP contribution is -1.86. The molecule has 0 bridgehead atoms. The second-order valence-corrected chi connectivity index (χ2v) is 3.44. The van der Waals surface area contributed by atoms with Gasteiger partial charge in [0.15, 0.2) is 0 Å². The van der Waals surface area contributed by atoms with Crippen LogP contribution in [-0.4, -0.2) is 6.61 Å². The van der Waals surface area contributed by atoms with Gasteiger partial charge in [-0.3, -0.25) is 0 Å². The van der Waals surface area contributed by atoms with Crippen molar-refractivity contribution in [3.63, 3.8) is 0 Å². The van der Waals surface area contributed by atoms with Crippen LogP contribution in [0.3, 0.4) is 0 Å². The molecule has 0 atom stereocenters. The average molecular weight is 260 g/mol. The zero-order valence-corrected chi connectivity index (χ0v) is 8.30. The summed E-state index contributed by atoms with van der Waals surface area (Å²) in [6, 6.07) is 6.51. The summed E-state index contributed by atoms with van der Waals surface area (Å²) in [6.07, 6.45) is 1.08. The lowest BCUT2D eigenvalue weighted by Gasteiger charge is -1.99. The predicted molar refractivity (Wildman–Crippen MR) is 53.4 cm³/mol. The fourth-order valence-corrected chi connectivity index (χ4v) is 1.77. The first-order valence-electron chi connectivity index (χ1n) is 3.71. The van der Waals surface area contributed by atoms with Crippen LogP contribution in [0.1, 0.15) is 11.1 Å². The van der Waals surface area contributed by atoms with Gasteiger partial charge in [-0.05, 0) is 17.2 Å². The van der Waals surface area contributed by atoms with E-state index in [-0.39, 0.29) is 0 Å². The monoisotopic (exact) mass is 260 g/mol. The molecule has 0 fully saturated rings. The summed E-state index contributed by atoms with van der Waals surface area (Å²) < 4.78 is 6.50. The predicted octanol–water partition coefficient (Wildman–Crippen LogP) is 2.56. The lowest BCUT2D eigenvalue weighted by molar-refractivity contribution is 0.356. The number of benzene rings is 1. The van der Waals surface area contributed by atoms with E-state index in [2.05, 4.69) is 40.8 Å². The van der Waals surface area contributed by atoms with Gasteiger partial charge in [-0.15, -0.1) is 0 Å². The van der Waals surface area contributed by atoms with E-state index in [1.165, 1.54) is 11.1 Å². The van der Waals surface area contributed by atoms with Gasteiger partial charge < -0.3 is 4.74 Å². The Morgan fingerprint density at radius 2 is 2.36 bits per heavy atom. The Morgan fingerprint density at radius 3 is 3.18 bits per heavy atom. The minimum absolute atomic E-state index is 0.861. The van der Waals surface area contributed by atoms with Gasteiger partial charge in [-0.25, -0.2) is 0 Å². The van der Waals surface area contributed by atoms with Crippen molar-refractivity contribution in [1.29, 1.82) is 0 Å². The summed E-state index contributed by atoms with van der Waals surface area (Å²) in [5, 5.41) is 0. The van der Waals surface area contributed by atoms with Crippen molar-refractivity contribution in [2.75, 3.05) is 6.61 Å². The van der Waals surface area contributed by atoms with Crippen molar-refractivity contribution < 1.29 is 4.74 Å². The highest BCUT2D eigenvalue weighted by Crippen LogP contribution is 2.26. The van der Waals surface area contributed by atoms with E-state index in [1.54, 1.807) is 0 Å². The number of alkyl halides is 1. The van der Waals surface area contributed by atoms with Gasteiger partial charge in [-0.2, -0.15) is 0 Å². The molecule has 0 radical (unpaired) electrons. The second kappa shape index (κ2) is 3.01. The number of halogens is 1. The zero-order chi connectivity index (χ0) is 7.68. The van der Waals surface area contributed by atoms with Crippen molar-refractivity contribution in [2.24, 2.45) is 0 Å². The highest BCUT2D eigenvalue weighted by Gasteiger charge is 2.10. The first-order valence-corrected chi connectivity index (χ1v) is 5.23. The first kappa shape index (κ1) is 7.40. The maximum absolute atomic E-state index is 5.44. The van der Waals surface area contributed by atoms with Crippen molar-refractivity contribution in [3.05, 3.63) is 29.3 Å². The van der Waals surface area contributed by atoms with Gasteiger partial charge >= 0.3 is 0 Å². The largest absolute Gasteiger partial charge is 0.493 e. The molecule has 1 nitrogen and oxygen atoms in total. The quantitative estimate of drug-likeness (QED) is 0.557. The average Bonchev–Trinajstić information content (AvgIpc) is 2.50. The Labute approximate surface area is 79.9 Å². The maximum Gasteiger partial charge on any atom is 0.122 e. The van der Waals surface area contributed by atoms with E-state index in [0.29, 0.717) is 0 Å². The maximum atomic E-state index is 5.44. The Balaban J connectivity index is 2.41. The summed E-state index contributed by atoms with van der Waals surface area (Å²) in [7, 11) is 0. The topological polar surface area (TPSA) is 9.23 Å². The number of hydrogen-bond acceptors (Lipinski definition) is 1. The van der Waals surface area contributed by atoms with Gasteiger partial charge in [0.25, 0.3) is 0 Å². The van der Waals surface area contributed by atoms with Crippen molar-refractivity contribution in [2.45, 2.75) is 10.8 Å². The molecule has 1 aromatic carbocycles. The molecule has 0 spiro atoms. The van der Waals surface area contributed by atoms with Gasteiger partial charge in [0.05, 0.1) is 6.61 Å². The summed E-state index contributed by atoms with van der Waals surface area (Å²) in [5.74, 6) is 1.10.